The highest BCUT2D eigenvalue weighted by molar-refractivity contribution is 5.95. The van der Waals surface area contributed by atoms with E-state index < -0.39 is 6.04 Å². The van der Waals surface area contributed by atoms with Crippen LogP contribution in [-0.4, -0.2) is 41.1 Å². The Kier molecular flexibility index (Phi) is 5.59. The van der Waals surface area contributed by atoms with Crippen LogP contribution in [0.25, 0.3) is 0 Å². The number of nitrogens with zero attached hydrogens (tertiary/aromatic N) is 1. The molecule has 0 radical (unpaired) electrons. The molecule has 5 heteroatoms. The van der Waals surface area contributed by atoms with Crippen LogP contribution in [0.1, 0.15) is 59.3 Å². The molecule has 0 bridgehead atoms. The molecule has 2 fully saturated rings. The molecule has 0 spiro atoms. The van der Waals surface area contributed by atoms with Crippen LogP contribution in [0.4, 0.5) is 0 Å². The molecule has 2 rings (SSSR count). The van der Waals surface area contributed by atoms with Crippen molar-refractivity contribution >= 4 is 17.6 Å². The summed E-state index contributed by atoms with van der Waals surface area (Å²) in [6.07, 6.45) is 4.58. The fourth-order valence-corrected chi connectivity index (χ4v) is 3.16. The van der Waals surface area contributed by atoms with E-state index >= 15 is 0 Å². The number of amides is 2. The minimum atomic E-state index is -0.500. The molecule has 5 nitrogen and oxygen atoms in total. The molecular formula is C17H28N2O3. The highest BCUT2D eigenvalue weighted by Gasteiger charge is 2.42. The van der Waals surface area contributed by atoms with E-state index in [0.29, 0.717) is 25.3 Å². The second-order valence-corrected chi connectivity index (χ2v) is 6.97. The number of carbonyl (C=O) groups excluding carboxylic acids is 3. The summed E-state index contributed by atoms with van der Waals surface area (Å²) in [5.41, 5.74) is 0. The van der Waals surface area contributed by atoms with Crippen LogP contribution >= 0.6 is 0 Å². The third-order valence-corrected chi connectivity index (χ3v) is 4.51. The van der Waals surface area contributed by atoms with Crippen molar-refractivity contribution in [2.24, 2.45) is 11.8 Å². The van der Waals surface area contributed by atoms with E-state index in [2.05, 4.69) is 5.32 Å². The van der Waals surface area contributed by atoms with E-state index in [-0.39, 0.29) is 29.6 Å². The van der Waals surface area contributed by atoms with Crippen LogP contribution in [0.5, 0.6) is 0 Å². The van der Waals surface area contributed by atoms with Crippen LogP contribution in [-0.2, 0) is 14.4 Å². The van der Waals surface area contributed by atoms with Gasteiger partial charge in [-0.3, -0.25) is 14.4 Å². The lowest BCUT2D eigenvalue weighted by atomic mass is 10.0. The number of nitrogens with one attached hydrogen (secondary N) is 1. The van der Waals surface area contributed by atoms with Crippen molar-refractivity contribution in [3.8, 4) is 0 Å². The molecule has 1 heterocycles. The quantitative estimate of drug-likeness (QED) is 0.781. The Morgan fingerprint density at radius 1 is 1.18 bits per heavy atom. The molecule has 124 valence electrons. The van der Waals surface area contributed by atoms with Crippen molar-refractivity contribution in [3.05, 3.63) is 0 Å². The Bertz CT molecular complexity index is 443. The molecule has 0 aromatic heterocycles. The molecule has 0 aromatic carbocycles. The Hall–Kier alpha value is -1.39. The summed E-state index contributed by atoms with van der Waals surface area (Å²) in [6.45, 7) is 6.49. The van der Waals surface area contributed by atoms with Crippen molar-refractivity contribution in [2.75, 3.05) is 6.54 Å². The maximum Gasteiger partial charge on any atom is 0.245 e. The van der Waals surface area contributed by atoms with Gasteiger partial charge in [-0.1, -0.05) is 20.8 Å². The van der Waals surface area contributed by atoms with E-state index in [0.717, 1.165) is 25.7 Å². The smallest absolute Gasteiger partial charge is 0.245 e. The Labute approximate surface area is 132 Å². The average Bonchev–Trinajstić information content (AvgIpc) is 3.21. The minimum Gasteiger partial charge on any atom is -0.344 e. The third kappa shape index (κ3) is 4.08. The summed E-state index contributed by atoms with van der Waals surface area (Å²) in [7, 11) is 0. The first kappa shape index (κ1) is 17.0. The fourth-order valence-electron chi connectivity index (χ4n) is 3.16. The number of rotatable bonds is 7. The number of likely N-dealkylation sites (tertiary alicyclic amines) is 1. The summed E-state index contributed by atoms with van der Waals surface area (Å²) in [4.78, 5) is 38.6. The van der Waals surface area contributed by atoms with Gasteiger partial charge in [0.15, 0.2) is 5.78 Å². The van der Waals surface area contributed by atoms with E-state index in [4.69, 9.17) is 0 Å². The van der Waals surface area contributed by atoms with E-state index in [1.165, 1.54) is 0 Å². The predicted molar refractivity (Wildman–Crippen MR) is 84.1 cm³/mol. The van der Waals surface area contributed by atoms with Gasteiger partial charge in [0.2, 0.25) is 11.8 Å². The predicted octanol–water partition coefficient (Wildman–Crippen LogP) is 1.90. The van der Waals surface area contributed by atoms with Gasteiger partial charge in [-0.05, 0) is 38.0 Å². The molecule has 0 unspecified atom stereocenters. The van der Waals surface area contributed by atoms with Crippen LogP contribution < -0.4 is 5.32 Å². The van der Waals surface area contributed by atoms with Crippen LogP contribution in [0.3, 0.4) is 0 Å². The molecule has 22 heavy (non-hydrogen) atoms. The van der Waals surface area contributed by atoms with Crippen molar-refractivity contribution in [2.45, 2.75) is 71.4 Å². The number of hydrogen-bond donors (Lipinski definition) is 1. The second kappa shape index (κ2) is 7.25. The first-order chi connectivity index (χ1) is 10.4. The Morgan fingerprint density at radius 2 is 1.86 bits per heavy atom. The van der Waals surface area contributed by atoms with Gasteiger partial charge in [0.05, 0.1) is 6.04 Å². The molecule has 1 saturated carbocycles. The first-order valence-corrected chi connectivity index (χ1v) is 8.57. The van der Waals surface area contributed by atoms with Gasteiger partial charge in [0.25, 0.3) is 0 Å². The standard InChI is InChI=1S/C17H28N2O3/c1-4-15(20)18-13(10-11(2)3)17(22)19-9-5-6-14(19)16(21)12-7-8-12/h11-14H,4-10H2,1-3H3,(H,18,20)/t13-,14-/m0/s1. The van der Waals surface area contributed by atoms with Gasteiger partial charge < -0.3 is 10.2 Å². The van der Waals surface area contributed by atoms with Crippen LogP contribution in [0.15, 0.2) is 0 Å². The number of Topliss-reactive ketones (excluding diaryl/α,β-unsaturated/α-hetero) is 1. The molecule has 1 aliphatic carbocycles. The zero-order valence-corrected chi connectivity index (χ0v) is 13.9. The summed E-state index contributed by atoms with van der Waals surface area (Å²) >= 11 is 0. The maximum atomic E-state index is 12.8. The zero-order valence-electron chi connectivity index (χ0n) is 13.9. The fraction of sp³-hybridized carbons (Fsp3) is 0.824. The lowest BCUT2D eigenvalue weighted by Crippen LogP contribution is -2.52. The Balaban J connectivity index is 2.06. The van der Waals surface area contributed by atoms with Gasteiger partial charge in [-0.2, -0.15) is 0 Å². The van der Waals surface area contributed by atoms with Crippen LogP contribution in [0, 0.1) is 11.8 Å². The lowest BCUT2D eigenvalue weighted by Gasteiger charge is -2.29. The molecule has 2 atom stereocenters. The summed E-state index contributed by atoms with van der Waals surface area (Å²) in [5.74, 6) is 0.532. The Morgan fingerprint density at radius 3 is 2.41 bits per heavy atom. The molecule has 2 amide bonds. The third-order valence-electron chi connectivity index (χ3n) is 4.51. The highest BCUT2D eigenvalue weighted by atomic mass is 16.2. The van der Waals surface area contributed by atoms with Gasteiger partial charge in [-0.25, -0.2) is 0 Å². The van der Waals surface area contributed by atoms with Gasteiger partial charge in [0, 0.05) is 18.9 Å². The topological polar surface area (TPSA) is 66.5 Å². The van der Waals surface area contributed by atoms with Gasteiger partial charge >= 0.3 is 0 Å². The van der Waals surface area contributed by atoms with Crippen molar-refractivity contribution in [1.82, 2.24) is 10.2 Å². The van der Waals surface area contributed by atoms with Gasteiger partial charge in [0.1, 0.15) is 6.04 Å². The lowest BCUT2D eigenvalue weighted by molar-refractivity contribution is -0.141. The van der Waals surface area contributed by atoms with Crippen molar-refractivity contribution in [3.63, 3.8) is 0 Å². The van der Waals surface area contributed by atoms with E-state index in [1.54, 1.807) is 11.8 Å². The number of ketones is 1. The average molecular weight is 308 g/mol. The summed E-state index contributed by atoms with van der Waals surface area (Å²) in [5, 5.41) is 2.84. The maximum absolute atomic E-state index is 12.8. The molecule has 2 aliphatic rings. The largest absolute Gasteiger partial charge is 0.344 e. The first-order valence-electron chi connectivity index (χ1n) is 8.57. The molecule has 1 N–H and O–H groups in total. The van der Waals surface area contributed by atoms with Crippen molar-refractivity contribution < 1.29 is 14.4 Å². The summed E-state index contributed by atoms with van der Waals surface area (Å²) in [6, 6.07) is -0.756. The number of carbonyl (C=O) groups is 3. The highest BCUT2D eigenvalue weighted by Crippen LogP contribution is 2.34. The van der Waals surface area contributed by atoms with Crippen LogP contribution in [0.2, 0.25) is 0 Å². The second-order valence-electron chi connectivity index (χ2n) is 6.97. The zero-order chi connectivity index (χ0) is 16.3. The molecular weight excluding hydrogens is 280 g/mol. The SMILES string of the molecule is CCC(=O)N[C@@H](CC(C)C)C(=O)N1CCC[C@H]1C(=O)C1CC1. The van der Waals surface area contributed by atoms with Gasteiger partial charge in [-0.15, -0.1) is 0 Å². The van der Waals surface area contributed by atoms with Crippen molar-refractivity contribution in [1.29, 1.82) is 0 Å². The monoisotopic (exact) mass is 308 g/mol. The van der Waals surface area contributed by atoms with E-state index in [1.807, 2.05) is 13.8 Å². The summed E-state index contributed by atoms with van der Waals surface area (Å²) < 4.78 is 0. The molecule has 1 saturated heterocycles. The minimum absolute atomic E-state index is 0.0769. The molecule has 0 aromatic rings. The van der Waals surface area contributed by atoms with E-state index in [9.17, 15) is 14.4 Å². The number of hydrogen-bond acceptors (Lipinski definition) is 3. The normalized spacial score (nSPS) is 22.7. The molecule has 1 aliphatic heterocycles.